The van der Waals surface area contributed by atoms with Gasteiger partial charge in [-0.1, -0.05) is 36.8 Å². The van der Waals surface area contributed by atoms with Crippen LogP contribution in [0.2, 0.25) is 0 Å². The average Bonchev–Trinajstić information content (AvgIpc) is 2.44. The molecule has 0 bridgehead atoms. The number of nitrogens with zero attached hydrogens (tertiary/aromatic N) is 2. The van der Waals surface area contributed by atoms with E-state index in [0.29, 0.717) is 6.04 Å². The van der Waals surface area contributed by atoms with E-state index < -0.39 is 0 Å². The predicted molar refractivity (Wildman–Crippen MR) is 77.9 cm³/mol. The summed E-state index contributed by atoms with van der Waals surface area (Å²) in [5.74, 6) is 0. The number of hydrogen-bond acceptors (Lipinski definition) is 3. The van der Waals surface area contributed by atoms with E-state index >= 15 is 0 Å². The van der Waals surface area contributed by atoms with Gasteiger partial charge in [0, 0.05) is 24.0 Å². The van der Waals surface area contributed by atoms with Gasteiger partial charge in [-0.2, -0.15) is 0 Å². The summed E-state index contributed by atoms with van der Waals surface area (Å²) in [6.07, 6.45) is 7.50. The molecule has 2 aromatic rings. The standard InChI is InChI=1S/C16H21N3/c1-3-19-16(15-10-17-12-18-11-15)8-7-14-6-4-5-13(2)9-14/h4-6,9-12,16,19H,3,7-8H2,1-2H3. The van der Waals surface area contributed by atoms with E-state index in [9.17, 15) is 0 Å². The summed E-state index contributed by atoms with van der Waals surface area (Å²) in [6, 6.07) is 9.03. The Bertz CT molecular complexity index is 496. The van der Waals surface area contributed by atoms with Crippen molar-refractivity contribution in [2.45, 2.75) is 32.7 Å². The van der Waals surface area contributed by atoms with Crippen molar-refractivity contribution in [3.8, 4) is 0 Å². The molecule has 2 rings (SSSR count). The molecule has 0 spiro atoms. The number of aromatic nitrogens is 2. The maximum atomic E-state index is 4.11. The van der Waals surface area contributed by atoms with Gasteiger partial charge in [-0.15, -0.1) is 0 Å². The second-order valence-corrected chi connectivity index (χ2v) is 4.81. The molecule has 0 aliphatic heterocycles. The monoisotopic (exact) mass is 255 g/mol. The van der Waals surface area contributed by atoms with E-state index in [4.69, 9.17) is 0 Å². The fourth-order valence-corrected chi connectivity index (χ4v) is 2.30. The smallest absolute Gasteiger partial charge is 0.115 e. The van der Waals surface area contributed by atoms with Crippen molar-refractivity contribution in [1.29, 1.82) is 0 Å². The highest BCUT2D eigenvalue weighted by molar-refractivity contribution is 5.22. The van der Waals surface area contributed by atoms with Crippen LogP contribution in [0.3, 0.4) is 0 Å². The van der Waals surface area contributed by atoms with Crippen molar-refractivity contribution in [2.24, 2.45) is 0 Å². The van der Waals surface area contributed by atoms with Gasteiger partial charge in [-0.3, -0.25) is 0 Å². The summed E-state index contributed by atoms with van der Waals surface area (Å²) >= 11 is 0. The van der Waals surface area contributed by atoms with E-state index in [1.54, 1.807) is 6.33 Å². The van der Waals surface area contributed by atoms with Gasteiger partial charge in [0.25, 0.3) is 0 Å². The Labute approximate surface area is 115 Å². The van der Waals surface area contributed by atoms with Crippen molar-refractivity contribution in [3.05, 3.63) is 59.7 Å². The van der Waals surface area contributed by atoms with Crippen LogP contribution >= 0.6 is 0 Å². The minimum atomic E-state index is 0.326. The summed E-state index contributed by atoms with van der Waals surface area (Å²) in [4.78, 5) is 8.21. The lowest BCUT2D eigenvalue weighted by molar-refractivity contribution is 0.512. The van der Waals surface area contributed by atoms with E-state index in [1.165, 1.54) is 11.1 Å². The third-order valence-corrected chi connectivity index (χ3v) is 3.24. The quantitative estimate of drug-likeness (QED) is 0.862. The van der Waals surface area contributed by atoms with Crippen molar-refractivity contribution in [2.75, 3.05) is 6.54 Å². The fraction of sp³-hybridized carbons (Fsp3) is 0.375. The molecule has 3 nitrogen and oxygen atoms in total. The lowest BCUT2D eigenvalue weighted by Gasteiger charge is -2.17. The van der Waals surface area contributed by atoms with Crippen LogP contribution < -0.4 is 5.32 Å². The SMILES string of the molecule is CCNC(CCc1cccc(C)c1)c1cncnc1. The van der Waals surface area contributed by atoms with E-state index in [2.05, 4.69) is 53.4 Å². The lowest BCUT2D eigenvalue weighted by atomic mass is 10.00. The summed E-state index contributed by atoms with van der Waals surface area (Å²) in [5.41, 5.74) is 3.87. The minimum Gasteiger partial charge on any atom is -0.310 e. The third kappa shape index (κ3) is 4.14. The second kappa shape index (κ2) is 7.00. The van der Waals surface area contributed by atoms with Gasteiger partial charge in [0.15, 0.2) is 0 Å². The van der Waals surface area contributed by atoms with Gasteiger partial charge in [0.1, 0.15) is 6.33 Å². The first-order chi connectivity index (χ1) is 9.29. The van der Waals surface area contributed by atoms with E-state index in [0.717, 1.165) is 24.9 Å². The molecule has 1 N–H and O–H groups in total. The van der Waals surface area contributed by atoms with Gasteiger partial charge in [0.2, 0.25) is 0 Å². The largest absolute Gasteiger partial charge is 0.310 e. The van der Waals surface area contributed by atoms with E-state index in [1.807, 2.05) is 12.4 Å². The van der Waals surface area contributed by atoms with Crippen molar-refractivity contribution in [1.82, 2.24) is 15.3 Å². The van der Waals surface area contributed by atoms with Crippen molar-refractivity contribution >= 4 is 0 Å². The van der Waals surface area contributed by atoms with Crippen LogP contribution in [0.1, 0.15) is 36.1 Å². The zero-order valence-electron chi connectivity index (χ0n) is 11.6. The normalized spacial score (nSPS) is 12.3. The van der Waals surface area contributed by atoms with Crippen LogP contribution in [-0.2, 0) is 6.42 Å². The van der Waals surface area contributed by atoms with Crippen LogP contribution in [0.25, 0.3) is 0 Å². The van der Waals surface area contributed by atoms with Crippen LogP contribution in [0.5, 0.6) is 0 Å². The first kappa shape index (κ1) is 13.7. The molecular weight excluding hydrogens is 234 g/mol. The zero-order chi connectivity index (χ0) is 13.5. The van der Waals surface area contributed by atoms with Crippen LogP contribution in [-0.4, -0.2) is 16.5 Å². The number of hydrogen-bond donors (Lipinski definition) is 1. The average molecular weight is 255 g/mol. The summed E-state index contributed by atoms with van der Waals surface area (Å²) in [5, 5.41) is 3.50. The third-order valence-electron chi connectivity index (χ3n) is 3.24. The maximum absolute atomic E-state index is 4.11. The Hall–Kier alpha value is -1.74. The van der Waals surface area contributed by atoms with E-state index in [-0.39, 0.29) is 0 Å². The van der Waals surface area contributed by atoms with Crippen molar-refractivity contribution in [3.63, 3.8) is 0 Å². The molecule has 1 aromatic heterocycles. The summed E-state index contributed by atoms with van der Waals surface area (Å²) < 4.78 is 0. The fourth-order valence-electron chi connectivity index (χ4n) is 2.30. The van der Waals surface area contributed by atoms with Crippen LogP contribution in [0.15, 0.2) is 43.0 Å². The highest BCUT2D eigenvalue weighted by atomic mass is 14.9. The van der Waals surface area contributed by atoms with Gasteiger partial charge in [-0.05, 0) is 31.9 Å². The second-order valence-electron chi connectivity index (χ2n) is 4.81. The first-order valence-corrected chi connectivity index (χ1v) is 6.83. The number of aryl methyl sites for hydroxylation is 2. The number of benzene rings is 1. The first-order valence-electron chi connectivity index (χ1n) is 6.83. The molecule has 0 aliphatic carbocycles. The zero-order valence-corrected chi connectivity index (χ0v) is 11.6. The molecule has 0 fully saturated rings. The Kier molecular flexibility index (Phi) is 5.04. The molecule has 1 aromatic carbocycles. The number of rotatable bonds is 6. The minimum absolute atomic E-state index is 0.326. The van der Waals surface area contributed by atoms with Gasteiger partial charge < -0.3 is 5.32 Å². The Morgan fingerprint density at radius 2 is 2.00 bits per heavy atom. The summed E-state index contributed by atoms with van der Waals surface area (Å²) in [6.45, 7) is 5.22. The van der Waals surface area contributed by atoms with Gasteiger partial charge >= 0.3 is 0 Å². The highest BCUT2D eigenvalue weighted by Gasteiger charge is 2.10. The molecule has 1 atom stereocenters. The molecule has 19 heavy (non-hydrogen) atoms. The van der Waals surface area contributed by atoms with Crippen molar-refractivity contribution < 1.29 is 0 Å². The molecule has 1 heterocycles. The molecule has 0 saturated heterocycles. The summed E-state index contributed by atoms with van der Waals surface area (Å²) in [7, 11) is 0. The number of nitrogens with one attached hydrogen (secondary N) is 1. The topological polar surface area (TPSA) is 37.8 Å². The molecule has 3 heteroatoms. The predicted octanol–water partition coefficient (Wildman–Crippen LogP) is 3.07. The van der Waals surface area contributed by atoms with Crippen LogP contribution in [0.4, 0.5) is 0 Å². The highest BCUT2D eigenvalue weighted by Crippen LogP contribution is 2.18. The molecule has 0 aliphatic rings. The maximum Gasteiger partial charge on any atom is 0.115 e. The van der Waals surface area contributed by atoms with Gasteiger partial charge in [-0.25, -0.2) is 9.97 Å². The molecule has 0 saturated carbocycles. The molecule has 0 amide bonds. The Balaban J connectivity index is 2.01. The molecule has 0 radical (unpaired) electrons. The Morgan fingerprint density at radius 3 is 2.68 bits per heavy atom. The molecular formula is C16H21N3. The van der Waals surface area contributed by atoms with Gasteiger partial charge in [0.05, 0.1) is 0 Å². The lowest BCUT2D eigenvalue weighted by Crippen LogP contribution is -2.21. The molecule has 1 unspecified atom stereocenters. The molecule has 100 valence electrons. The Morgan fingerprint density at radius 1 is 1.21 bits per heavy atom. The van der Waals surface area contributed by atoms with Crippen LogP contribution in [0, 0.1) is 6.92 Å².